The second-order valence-corrected chi connectivity index (χ2v) is 10.9. The molecule has 5 atom stereocenters. The Morgan fingerprint density at radius 3 is 2.57 bits per heavy atom. The average molecular weight is 611 g/mol. The Balaban J connectivity index is 1.57. The van der Waals surface area contributed by atoms with E-state index in [0.717, 1.165) is 5.56 Å². The highest BCUT2D eigenvalue weighted by Crippen LogP contribution is 2.51. The number of methoxy groups -OCH3 is 3. The van der Waals surface area contributed by atoms with E-state index in [1.54, 1.807) is 43.4 Å². The molecule has 1 fully saturated rings. The van der Waals surface area contributed by atoms with E-state index >= 15 is 0 Å². The number of ether oxygens (including phenoxy) is 5. The first-order valence-electron chi connectivity index (χ1n) is 14.6. The van der Waals surface area contributed by atoms with Gasteiger partial charge in [-0.3, -0.25) is 14.4 Å². The van der Waals surface area contributed by atoms with Gasteiger partial charge in [0.05, 0.1) is 52.4 Å². The first-order chi connectivity index (χ1) is 21.3. The topological polar surface area (TPSA) is 153 Å². The number of rotatable bonds is 12. The van der Waals surface area contributed by atoms with E-state index in [1.807, 2.05) is 6.07 Å². The largest absolute Gasteiger partial charge is 0.497 e. The van der Waals surface area contributed by atoms with Crippen LogP contribution in [-0.2, 0) is 20.7 Å². The fourth-order valence-corrected chi connectivity index (χ4v) is 6.25. The molecular weight excluding hydrogens is 572 g/mol. The van der Waals surface area contributed by atoms with Crippen molar-refractivity contribution in [2.75, 3.05) is 54.2 Å². The highest BCUT2D eigenvalue weighted by molar-refractivity contribution is 5.96. The lowest BCUT2D eigenvalue weighted by Gasteiger charge is -2.41. The molecule has 0 spiro atoms. The Labute approximate surface area is 255 Å². The number of aldehydes is 1. The number of carbonyl (C=O) groups is 3. The molecule has 12 nitrogen and oxygen atoms in total. The molecule has 1 saturated heterocycles. The summed E-state index contributed by atoms with van der Waals surface area (Å²) in [5.41, 5.74) is 1.89. The van der Waals surface area contributed by atoms with Gasteiger partial charge in [0.1, 0.15) is 30.0 Å². The summed E-state index contributed by atoms with van der Waals surface area (Å²) in [6, 6.07) is 7.61. The lowest BCUT2D eigenvalue weighted by atomic mass is 9.77. The molecule has 44 heavy (non-hydrogen) atoms. The van der Waals surface area contributed by atoms with E-state index in [2.05, 4.69) is 5.32 Å². The number of nitrogens with one attached hydrogen (secondary N) is 1. The molecule has 2 aromatic rings. The van der Waals surface area contributed by atoms with Crippen LogP contribution >= 0.6 is 0 Å². The van der Waals surface area contributed by atoms with Gasteiger partial charge in [0, 0.05) is 36.4 Å². The van der Waals surface area contributed by atoms with Crippen LogP contribution in [0.5, 0.6) is 23.0 Å². The number of benzene rings is 2. The average Bonchev–Trinajstić information content (AvgIpc) is 3.73. The lowest BCUT2D eigenvalue weighted by molar-refractivity contribution is -0.141. The molecule has 3 N–H and O–H groups in total. The summed E-state index contributed by atoms with van der Waals surface area (Å²) in [6.07, 6.45) is 0.970. The molecule has 2 amide bonds. The van der Waals surface area contributed by atoms with Crippen molar-refractivity contribution in [3.63, 3.8) is 0 Å². The highest BCUT2D eigenvalue weighted by atomic mass is 16.5. The molecule has 0 radical (unpaired) electrons. The Morgan fingerprint density at radius 2 is 1.91 bits per heavy atom. The number of hydrogen-bond acceptors (Lipinski definition) is 10. The maximum Gasteiger partial charge on any atom is 0.247 e. The second-order valence-electron chi connectivity index (χ2n) is 10.9. The molecule has 0 saturated carbocycles. The van der Waals surface area contributed by atoms with Crippen LogP contribution in [0.4, 0.5) is 0 Å². The zero-order valence-electron chi connectivity index (χ0n) is 25.0. The van der Waals surface area contributed by atoms with Gasteiger partial charge < -0.3 is 44.1 Å². The van der Waals surface area contributed by atoms with Crippen molar-refractivity contribution in [1.82, 2.24) is 10.2 Å². The fraction of sp³-hybridized carbons (Fsp3) is 0.469. The normalized spacial score (nSPS) is 23.5. The summed E-state index contributed by atoms with van der Waals surface area (Å²) in [5.74, 6) is -0.00156. The molecule has 236 valence electrons. The Morgan fingerprint density at radius 1 is 1.11 bits per heavy atom. The number of aliphatic hydroxyl groups excluding tert-OH is 2. The van der Waals surface area contributed by atoms with Crippen LogP contribution in [0.25, 0.3) is 0 Å². The van der Waals surface area contributed by atoms with Crippen molar-refractivity contribution >= 4 is 18.1 Å². The van der Waals surface area contributed by atoms with E-state index < -0.39 is 36.0 Å². The first kappa shape index (κ1) is 31.3. The minimum Gasteiger partial charge on any atom is -0.497 e. The fourth-order valence-electron chi connectivity index (χ4n) is 6.25. The standard InChI is InChI=1S/C32H38N2O10/c1-40-21-4-5-25(41-2)19(14-21)6-9-34(32(39)20-7-11-43-17-20)24-15-23(31(38)33-8-10-35)27-22-12-18(16-36)13-26(42-3)29(22)44-30(27)28(24)37/h4-5,12-16,20,24,27-28,30,35,37H,6-11,17H2,1-3H3,(H,33,38)/t20?,24-,27+,28+,30+/m1/s1. The number of carbonyl (C=O) groups excluding carboxylic acids is 3. The molecule has 0 aromatic heterocycles. The van der Waals surface area contributed by atoms with E-state index in [9.17, 15) is 24.6 Å². The van der Waals surface area contributed by atoms with Gasteiger partial charge >= 0.3 is 0 Å². The van der Waals surface area contributed by atoms with E-state index in [-0.39, 0.29) is 37.8 Å². The molecule has 2 aliphatic heterocycles. The summed E-state index contributed by atoms with van der Waals surface area (Å²) >= 11 is 0. The molecule has 3 aliphatic rings. The van der Waals surface area contributed by atoms with Crippen molar-refractivity contribution < 1.29 is 48.3 Å². The third-order valence-electron chi connectivity index (χ3n) is 8.44. The quantitative estimate of drug-likeness (QED) is 0.300. The third-order valence-corrected chi connectivity index (χ3v) is 8.44. The van der Waals surface area contributed by atoms with Crippen molar-refractivity contribution in [3.05, 3.63) is 58.7 Å². The molecule has 2 aromatic carbocycles. The zero-order valence-corrected chi connectivity index (χ0v) is 25.0. The van der Waals surface area contributed by atoms with Crippen molar-refractivity contribution in [1.29, 1.82) is 0 Å². The van der Waals surface area contributed by atoms with Crippen LogP contribution in [0.3, 0.4) is 0 Å². The van der Waals surface area contributed by atoms with Gasteiger partial charge in [-0.15, -0.1) is 0 Å². The summed E-state index contributed by atoms with van der Waals surface area (Å²) < 4.78 is 28.2. The van der Waals surface area contributed by atoms with Crippen LogP contribution in [-0.4, -0.2) is 106 Å². The summed E-state index contributed by atoms with van der Waals surface area (Å²) in [7, 11) is 4.57. The van der Waals surface area contributed by atoms with Gasteiger partial charge in [-0.25, -0.2) is 0 Å². The Bertz CT molecular complexity index is 1420. The van der Waals surface area contributed by atoms with Crippen molar-refractivity contribution in [2.45, 2.75) is 37.0 Å². The van der Waals surface area contributed by atoms with Gasteiger partial charge in [-0.05, 0) is 54.8 Å². The lowest BCUT2D eigenvalue weighted by Crippen LogP contribution is -2.57. The van der Waals surface area contributed by atoms with Crippen LogP contribution in [0.15, 0.2) is 42.0 Å². The molecule has 1 unspecified atom stereocenters. The third kappa shape index (κ3) is 5.97. The van der Waals surface area contributed by atoms with Crippen molar-refractivity contribution in [2.24, 2.45) is 5.92 Å². The Hall–Kier alpha value is -4.13. The molecular formula is C32H38N2O10. The van der Waals surface area contributed by atoms with Crippen LogP contribution < -0.4 is 24.3 Å². The maximum absolute atomic E-state index is 14.0. The van der Waals surface area contributed by atoms with Crippen LogP contribution in [0, 0.1) is 5.92 Å². The molecule has 2 heterocycles. The highest BCUT2D eigenvalue weighted by Gasteiger charge is 2.52. The van der Waals surface area contributed by atoms with Gasteiger partial charge in [-0.1, -0.05) is 0 Å². The predicted molar refractivity (Wildman–Crippen MR) is 157 cm³/mol. The predicted octanol–water partition coefficient (Wildman–Crippen LogP) is 1.26. The van der Waals surface area contributed by atoms with E-state index in [0.29, 0.717) is 59.9 Å². The summed E-state index contributed by atoms with van der Waals surface area (Å²) in [5, 5.41) is 24.0. The van der Waals surface area contributed by atoms with E-state index in [1.165, 1.54) is 13.2 Å². The maximum atomic E-state index is 14.0. The smallest absolute Gasteiger partial charge is 0.247 e. The first-order valence-corrected chi connectivity index (χ1v) is 14.6. The summed E-state index contributed by atoms with van der Waals surface area (Å²) in [6.45, 7) is 0.626. The second kappa shape index (κ2) is 13.7. The van der Waals surface area contributed by atoms with Gasteiger partial charge in [0.2, 0.25) is 11.8 Å². The molecule has 5 rings (SSSR count). The minimum atomic E-state index is -1.25. The van der Waals surface area contributed by atoms with Gasteiger partial charge in [-0.2, -0.15) is 0 Å². The van der Waals surface area contributed by atoms with Crippen LogP contribution in [0.2, 0.25) is 0 Å². The SMILES string of the molecule is COc1ccc(OC)c(CCN(C(=O)C2CCOC2)[C@@H]2C=C(C(=O)NCCO)[C@@H]3c4cc(C=O)cc(OC)c4O[C@@H]3[C@H]2O)c1. The summed E-state index contributed by atoms with van der Waals surface area (Å²) in [4.78, 5) is 40.9. The monoisotopic (exact) mass is 610 g/mol. The van der Waals surface area contributed by atoms with Gasteiger partial charge in [0.15, 0.2) is 11.5 Å². The number of fused-ring (bicyclic) bond motifs is 3. The molecule has 1 aliphatic carbocycles. The number of amides is 2. The molecule has 0 bridgehead atoms. The van der Waals surface area contributed by atoms with Gasteiger partial charge in [0.25, 0.3) is 0 Å². The van der Waals surface area contributed by atoms with Crippen molar-refractivity contribution in [3.8, 4) is 23.0 Å². The zero-order chi connectivity index (χ0) is 31.4. The molecule has 12 heteroatoms. The Kier molecular flexibility index (Phi) is 9.72. The van der Waals surface area contributed by atoms with Crippen LogP contribution in [0.1, 0.15) is 33.8 Å². The number of nitrogens with zero attached hydrogens (tertiary/aromatic N) is 1. The minimum absolute atomic E-state index is 0.00385. The number of hydrogen-bond donors (Lipinski definition) is 3. The van der Waals surface area contributed by atoms with E-state index in [4.69, 9.17) is 23.7 Å². The number of aliphatic hydroxyl groups is 2.